The highest BCUT2D eigenvalue weighted by Gasteiger charge is 1.93. The van der Waals surface area contributed by atoms with E-state index >= 15 is 0 Å². The van der Waals surface area contributed by atoms with Crippen molar-refractivity contribution in [1.82, 2.24) is 0 Å². The standard InChI is InChI=1S/C10H16O3/c1-8(6-10(12)13)4-3-5-9(2)7-11/h5-7,10,12-13H,3-4H2,1-2H3/b8-6+,9-5+. The highest BCUT2D eigenvalue weighted by molar-refractivity contribution is 5.71. The molecule has 0 radical (unpaired) electrons. The van der Waals surface area contributed by atoms with Gasteiger partial charge in [0.25, 0.3) is 0 Å². The summed E-state index contributed by atoms with van der Waals surface area (Å²) in [7, 11) is 0. The maximum absolute atomic E-state index is 10.2. The van der Waals surface area contributed by atoms with Gasteiger partial charge in [-0.05, 0) is 38.3 Å². The van der Waals surface area contributed by atoms with Gasteiger partial charge in [0.05, 0.1) is 0 Å². The maximum Gasteiger partial charge on any atom is 0.171 e. The van der Waals surface area contributed by atoms with Crippen LogP contribution in [0.25, 0.3) is 0 Å². The Hall–Kier alpha value is -0.930. The number of hydrogen-bond acceptors (Lipinski definition) is 3. The Kier molecular flexibility index (Phi) is 6.10. The van der Waals surface area contributed by atoms with Crippen molar-refractivity contribution in [2.24, 2.45) is 0 Å². The molecule has 0 heterocycles. The molecule has 0 aromatic rings. The average molecular weight is 184 g/mol. The van der Waals surface area contributed by atoms with Crippen molar-refractivity contribution in [2.45, 2.75) is 33.0 Å². The second-order valence-corrected chi connectivity index (χ2v) is 3.03. The van der Waals surface area contributed by atoms with E-state index in [4.69, 9.17) is 10.2 Å². The molecule has 0 rings (SSSR count). The molecular formula is C10H16O3. The molecule has 2 N–H and O–H groups in total. The first-order chi connectivity index (χ1) is 6.06. The molecule has 0 aliphatic carbocycles. The Morgan fingerprint density at radius 2 is 2.00 bits per heavy atom. The first kappa shape index (κ1) is 12.1. The van der Waals surface area contributed by atoms with Crippen LogP contribution in [0.3, 0.4) is 0 Å². The number of hydrogen-bond donors (Lipinski definition) is 2. The van der Waals surface area contributed by atoms with Crippen LogP contribution in [0.1, 0.15) is 26.7 Å². The number of rotatable bonds is 5. The van der Waals surface area contributed by atoms with Crippen LogP contribution in [0.4, 0.5) is 0 Å². The molecule has 0 saturated carbocycles. The summed E-state index contributed by atoms with van der Waals surface area (Å²) in [6, 6.07) is 0. The summed E-state index contributed by atoms with van der Waals surface area (Å²) >= 11 is 0. The van der Waals surface area contributed by atoms with Crippen molar-refractivity contribution in [2.75, 3.05) is 0 Å². The minimum Gasteiger partial charge on any atom is -0.365 e. The fourth-order valence-electron chi connectivity index (χ4n) is 0.913. The second kappa shape index (κ2) is 6.57. The van der Waals surface area contributed by atoms with Gasteiger partial charge in [0.1, 0.15) is 6.29 Å². The van der Waals surface area contributed by atoms with Crippen LogP contribution in [-0.4, -0.2) is 22.8 Å². The molecule has 0 amide bonds. The Balaban J connectivity index is 3.83. The van der Waals surface area contributed by atoms with Crippen LogP contribution in [0.5, 0.6) is 0 Å². The normalized spacial score (nSPS) is 13.6. The topological polar surface area (TPSA) is 57.5 Å². The third-order valence-electron chi connectivity index (χ3n) is 1.62. The van der Waals surface area contributed by atoms with Gasteiger partial charge in [-0.2, -0.15) is 0 Å². The molecule has 3 nitrogen and oxygen atoms in total. The van der Waals surface area contributed by atoms with E-state index in [-0.39, 0.29) is 0 Å². The first-order valence-electron chi connectivity index (χ1n) is 4.21. The van der Waals surface area contributed by atoms with Gasteiger partial charge in [0.2, 0.25) is 0 Å². The van der Waals surface area contributed by atoms with Crippen LogP contribution < -0.4 is 0 Å². The Labute approximate surface area is 78.4 Å². The van der Waals surface area contributed by atoms with Gasteiger partial charge in [-0.15, -0.1) is 0 Å². The Morgan fingerprint density at radius 3 is 2.46 bits per heavy atom. The van der Waals surface area contributed by atoms with Crippen LogP contribution in [0, 0.1) is 0 Å². The summed E-state index contributed by atoms with van der Waals surface area (Å²) in [6.07, 6.45) is 4.12. The van der Waals surface area contributed by atoms with Gasteiger partial charge in [-0.3, -0.25) is 4.79 Å². The SMILES string of the molecule is C/C(C=O)=C\CC/C(C)=C/C(O)O. The summed E-state index contributed by atoms with van der Waals surface area (Å²) < 4.78 is 0. The Morgan fingerprint density at radius 1 is 1.38 bits per heavy atom. The zero-order chi connectivity index (χ0) is 10.3. The van der Waals surface area contributed by atoms with Crippen molar-refractivity contribution >= 4 is 6.29 Å². The minimum atomic E-state index is -1.38. The molecule has 0 aliphatic heterocycles. The zero-order valence-electron chi connectivity index (χ0n) is 8.03. The van der Waals surface area contributed by atoms with Crippen molar-refractivity contribution < 1.29 is 15.0 Å². The van der Waals surface area contributed by atoms with E-state index in [1.165, 1.54) is 6.08 Å². The smallest absolute Gasteiger partial charge is 0.171 e. The molecule has 0 spiro atoms. The molecule has 0 unspecified atom stereocenters. The fourth-order valence-corrected chi connectivity index (χ4v) is 0.913. The number of allylic oxidation sites excluding steroid dienone is 3. The van der Waals surface area contributed by atoms with Crippen molar-refractivity contribution in [3.63, 3.8) is 0 Å². The number of carbonyl (C=O) groups is 1. The minimum absolute atomic E-state index is 0.706. The molecule has 0 saturated heterocycles. The molecule has 0 fully saturated rings. The predicted octanol–water partition coefficient (Wildman–Crippen LogP) is 1.17. The molecular weight excluding hydrogens is 168 g/mol. The van der Waals surface area contributed by atoms with E-state index in [1.54, 1.807) is 6.92 Å². The maximum atomic E-state index is 10.2. The van der Waals surface area contributed by atoms with Crippen LogP contribution in [0.2, 0.25) is 0 Å². The summed E-state index contributed by atoms with van der Waals surface area (Å²) in [6.45, 7) is 3.57. The number of aliphatic hydroxyl groups excluding tert-OH is 1. The highest BCUT2D eigenvalue weighted by Crippen LogP contribution is 2.06. The van der Waals surface area contributed by atoms with Crippen molar-refractivity contribution in [1.29, 1.82) is 0 Å². The summed E-state index contributed by atoms with van der Waals surface area (Å²) in [5, 5.41) is 17.2. The number of carbonyl (C=O) groups excluding carboxylic acids is 1. The van der Waals surface area contributed by atoms with Crippen LogP contribution in [-0.2, 0) is 4.79 Å². The summed E-state index contributed by atoms with van der Waals surface area (Å²) in [5.41, 5.74) is 1.61. The van der Waals surface area contributed by atoms with E-state index in [1.807, 2.05) is 13.0 Å². The van der Waals surface area contributed by atoms with Crippen LogP contribution in [0.15, 0.2) is 23.3 Å². The summed E-state index contributed by atoms with van der Waals surface area (Å²) in [5.74, 6) is 0. The number of aldehydes is 1. The quantitative estimate of drug-likeness (QED) is 0.292. The predicted molar refractivity (Wildman–Crippen MR) is 51.0 cm³/mol. The van der Waals surface area contributed by atoms with E-state index in [0.717, 1.165) is 24.7 Å². The van der Waals surface area contributed by atoms with Gasteiger partial charge in [0, 0.05) is 0 Å². The first-order valence-corrected chi connectivity index (χ1v) is 4.21. The Bertz CT molecular complexity index is 214. The lowest BCUT2D eigenvalue weighted by Crippen LogP contribution is -1.99. The molecule has 13 heavy (non-hydrogen) atoms. The van der Waals surface area contributed by atoms with Gasteiger partial charge >= 0.3 is 0 Å². The monoisotopic (exact) mass is 184 g/mol. The third-order valence-corrected chi connectivity index (χ3v) is 1.62. The molecule has 0 aliphatic rings. The highest BCUT2D eigenvalue weighted by atomic mass is 16.5. The van der Waals surface area contributed by atoms with E-state index < -0.39 is 6.29 Å². The van der Waals surface area contributed by atoms with Gasteiger partial charge < -0.3 is 10.2 Å². The lowest BCUT2D eigenvalue weighted by molar-refractivity contribution is -0.104. The molecule has 0 aromatic carbocycles. The lowest BCUT2D eigenvalue weighted by atomic mass is 10.1. The molecule has 0 aromatic heterocycles. The molecule has 3 heteroatoms. The van der Waals surface area contributed by atoms with Gasteiger partial charge in [-0.25, -0.2) is 0 Å². The van der Waals surface area contributed by atoms with E-state index in [0.29, 0.717) is 5.57 Å². The largest absolute Gasteiger partial charge is 0.365 e. The zero-order valence-corrected chi connectivity index (χ0v) is 8.03. The van der Waals surface area contributed by atoms with E-state index in [9.17, 15) is 4.79 Å². The molecule has 74 valence electrons. The lowest BCUT2D eigenvalue weighted by Gasteiger charge is -2.00. The van der Waals surface area contributed by atoms with Gasteiger partial charge in [-0.1, -0.05) is 11.6 Å². The third kappa shape index (κ3) is 7.43. The molecule has 0 bridgehead atoms. The summed E-state index contributed by atoms with van der Waals surface area (Å²) in [4.78, 5) is 10.2. The van der Waals surface area contributed by atoms with Crippen LogP contribution >= 0.6 is 0 Å². The average Bonchev–Trinajstić information content (AvgIpc) is 2.02. The van der Waals surface area contributed by atoms with Gasteiger partial charge in [0.15, 0.2) is 6.29 Å². The van der Waals surface area contributed by atoms with E-state index in [2.05, 4.69) is 0 Å². The molecule has 0 atom stereocenters. The number of aliphatic hydroxyl groups is 2. The second-order valence-electron chi connectivity index (χ2n) is 3.03. The fraction of sp³-hybridized carbons (Fsp3) is 0.500. The van der Waals surface area contributed by atoms with Crippen molar-refractivity contribution in [3.8, 4) is 0 Å². The van der Waals surface area contributed by atoms with Crippen molar-refractivity contribution in [3.05, 3.63) is 23.3 Å².